The van der Waals surface area contributed by atoms with E-state index in [2.05, 4.69) is 0 Å². The lowest BCUT2D eigenvalue weighted by Gasteiger charge is -2.42. The second-order valence-electron chi connectivity index (χ2n) is 9.63. The molecular formula is C27H25NO8. The number of rotatable bonds is 5. The third-order valence-electron chi connectivity index (χ3n) is 7.75. The van der Waals surface area contributed by atoms with Crippen LogP contribution in [-0.4, -0.2) is 58.1 Å². The van der Waals surface area contributed by atoms with Gasteiger partial charge >= 0.3 is 5.97 Å². The van der Waals surface area contributed by atoms with E-state index in [-0.39, 0.29) is 48.7 Å². The summed E-state index contributed by atoms with van der Waals surface area (Å²) in [5, 5.41) is 19.9. The highest BCUT2D eigenvalue weighted by Gasteiger charge is 2.56. The minimum absolute atomic E-state index is 0.113. The van der Waals surface area contributed by atoms with Crippen molar-refractivity contribution in [1.29, 1.82) is 0 Å². The number of benzene rings is 1. The first kappa shape index (κ1) is 23.7. The number of hydrogen-bond donors (Lipinski definition) is 2. The number of nitrogens with zero attached hydrogens (tertiary/aromatic N) is 1. The van der Waals surface area contributed by atoms with Crippen LogP contribution in [-0.2, 0) is 24.0 Å². The lowest BCUT2D eigenvalue weighted by Crippen LogP contribution is -2.40. The Morgan fingerprint density at radius 2 is 1.89 bits per heavy atom. The number of aromatic hydroxyl groups is 1. The van der Waals surface area contributed by atoms with E-state index >= 15 is 0 Å². The number of likely N-dealkylation sites (tertiary alicyclic amines) is 1. The van der Waals surface area contributed by atoms with Crippen molar-refractivity contribution in [2.75, 3.05) is 13.7 Å². The number of imide groups is 1. The van der Waals surface area contributed by atoms with Crippen molar-refractivity contribution in [1.82, 2.24) is 4.90 Å². The molecule has 1 aliphatic heterocycles. The molecule has 0 unspecified atom stereocenters. The molecule has 5 rings (SSSR count). The smallest absolute Gasteiger partial charge is 0.305 e. The minimum Gasteiger partial charge on any atom is -0.507 e. The highest BCUT2D eigenvalue weighted by Crippen LogP contribution is 2.56. The van der Waals surface area contributed by atoms with Crippen molar-refractivity contribution in [3.05, 3.63) is 58.2 Å². The van der Waals surface area contributed by atoms with Crippen molar-refractivity contribution in [2.24, 2.45) is 17.8 Å². The number of hydrogen-bond acceptors (Lipinski definition) is 7. The Balaban J connectivity index is 1.63. The number of ether oxygens (including phenoxy) is 1. The van der Waals surface area contributed by atoms with Gasteiger partial charge < -0.3 is 14.9 Å². The molecule has 4 atom stereocenters. The van der Waals surface area contributed by atoms with E-state index in [1.54, 1.807) is 19.1 Å². The van der Waals surface area contributed by atoms with Gasteiger partial charge in [-0.05, 0) is 37.8 Å². The van der Waals surface area contributed by atoms with Crippen LogP contribution in [0.5, 0.6) is 11.5 Å². The number of carbonyl (C=O) groups is 5. The summed E-state index contributed by atoms with van der Waals surface area (Å²) in [5.74, 6) is -5.00. The number of Topliss-reactive ketones (excluding diaryl/α,β-unsaturated/α-hetero) is 1. The Morgan fingerprint density at radius 1 is 1.14 bits per heavy atom. The number of fused-ring (bicyclic) bond motifs is 3. The first-order valence-corrected chi connectivity index (χ1v) is 11.8. The van der Waals surface area contributed by atoms with Gasteiger partial charge in [0.1, 0.15) is 11.5 Å². The van der Waals surface area contributed by atoms with Gasteiger partial charge in [-0.2, -0.15) is 0 Å². The van der Waals surface area contributed by atoms with Crippen LogP contribution in [0.4, 0.5) is 0 Å². The van der Waals surface area contributed by atoms with Gasteiger partial charge in [0, 0.05) is 40.8 Å². The lowest BCUT2D eigenvalue weighted by atomic mass is 9.59. The summed E-state index contributed by atoms with van der Waals surface area (Å²) < 4.78 is 5.19. The lowest BCUT2D eigenvalue weighted by molar-refractivity contribution is -0.142. The molecule has 0 radical (unpaired) electrons. The van der Waals surface area contributed by atoms with Crippen LogP contribution in [0.3, 0.4) is 0 Å². The molecule has 0 saturated carbocycles. The Morgan fingerprint density at radius 3 is 2.56 bits per heavy atom. The summed E-state index contributed by atoms with van der Waals surface area (Å²) in [6.45, 7) is 1.36. The number of phenols is 1. The van der Waals surface area contributed by atoms with E-state index < -0.39 is 41.5 Å². The van der Waals surface area contributed by atoms with Gasteiger partial charge in [-0.15, -0.1) is 0 Å². The zero-order chi connectivity index (χ0) is 25.9. The van der Waals surface area contributed by atoms with E-state index in [1.807, 2.05) is 6.08 Å². The Labute approximate surface area is 206 Å². The molecule has 9 heteroatoms. The number of methoxy groups -OCH3 is 1. The van der Waals surface area contributed by atoms with Crippen molar-refractivity contribution in [3.63, 3.8) is 0 Å². The highest BCUT2D eigenvalue weighted by molar-refractivity contribution is 6.23. The molecule has 9 nitrogen and oxygen atoms in total. The van der Waals surface area contributed by atoms with Gasteiger partial charge in [0.05, 0.1) is 25.4 Å². The Bertz CT molecular complexity index is 1330. The van der Waals surface area contributed by atoms with Crippen LogP contribution in [0.1, 0.15) is 37.7 Å². The predicted octanol–water partition coefficient (Wildman–Crippen LogP) is 2.31. The van der Waals surface area contributed by atoms with Crippen molar-refractivity contribution < 1.29 is 38.9 Å². The summed E-state index contributed by atoms with van der Waals surface area (Å²) in [6, 6.07) is 4.72. The Kier molecular flexibility index (Phi) is 5.65. The van der Waals surface area contributed by atoms with E-state index in [0.717, 1.165) is 4.90 Å². The highest BCUT2D eigenvalue weighted by atomic mass is 16.5. The monoisotopic (exact) mass is 491 g/mol. The van der Waals surface area contributed by atoms with E-state index in [4.69, 9.17) is 9.84 Å². The number of allylic oxidation sites excluding steroid dienone is 6. The van der Waals surface area contributed by atoms with Gasteiger partial charge in [0.2, 0.25) is 11.8 Å². The number of carboxylic acids is 1. The molecule has 0 bridgehead atoms. The standard InChI is InChI=1S/C27H25NO8/c1-12-9-20(30)24-18(25(12)33)11-17-14(22(24)15-4-3-13(36-2)10-19(15)29)5-6-16-23(17)27(35)28(26(16)34)8-7-21(31)32/h3-5,9-10,16-17,22-23,29H,6-8,11H2,1-2H3,(H,31,32)/t16-,17+,22+,23-/m0/s1. The number of ketones is 2. The second kappa shape index (κ2) is 8.58. The molecule has 3 aliphatic carbocycles. The fraction of sp³-hybridized carbons (Fsp3) is 0.370. The molecule has 0 aromatic heterocycles. The molecule has 1 aromatic rings. The van der Waals surface area contributed by atoms with Crippen LogP contribution < -0.4 is 4.74 Å². The van der Waals surface area contributed by atoms with Gasteiger partial charge in [0.15, 0.2) is 11.6 Å². The molecule has 1 heterocycles. The number of carbonyl (C=O) groups excluding carboxylic acids is 4. The maximum absolute atomic E-state index is 13.4. The number of aliphatic carboxylic acids is 1. The van der Waals surface area contributed by atoms with Crippen molar-refractivity contribution in [2.45, 2.75) is 32.1 Å². The molecule has 36 heavy (non-hydrogen) atoms. The maximum atomic E-state index is 13.4. The molecule has 2 N–H and O–H groups in total. The molecular weight excluding hydrogens is 466 g/mol. The zero-order valence-electron chi connectivity index (χ0n) is 19.8. The fourth-order valence-electron chi connectivity index (χ4n) is 6.13. The second-order valence-corrected chi connectivity index (χ2v) is 9.63. The molecule has 1 saturated heterocycles. The number of carboxylic acid groups (broad SMARTS) is 1. The summed E-state index contributed by atoms with van der Waals surface area (Å²) in [6.07, 6.45) is 3.17. The first-order chi connectivity index (χ1) is 17.1. The third kappa shape index (κ3) is 3.49. The predicted molar refractivity (Wildman–Crippen MR) is 125 cm³/mol. The third-order valence-corrected chi connectivity index (χ3v) is 7.75. The molecule has 186 valence electrons. The topological polar surface area (TPSA) is 138 Å². The summed E-state index contributed by atoms with van der Waals surface area (Å²) in [7, 11) is 1.46. The summed E-state index contributed by atoms with van der Waals surface area (Å²) in [5.41, 5.74) is 2.00. The van der Waals surface area contributed by atoms with Crippen LogP contribution in [0.2, 0.25) is 0 Å². The van der Waals surface area contributed by atoms with Crippen molar-refractivity contribution in [3.8, 4) is 11.5 Å². The average Bonchev–Trinajstić information content (AvgIpc) is 3.09. The SMILES string of the molecule is COc1ccc([C@H]2C3=CC[C@@H]4C(=O)N(CCC(=O)O)C(=O)[C@@H]4[C@@H]3CC3=C2C(=O)C=C(C)C3=O)c(O)c1. The van der Waals surface area contributed by atoms with Crippen LogP contribution in [0.15, 0.2) is 52.6 Å². The van der Waals surface area contributed by atoms with Crippen LogP contribution in [0.25, 0.3) is 0 Å². The summed E-state index contributed by atoms with van der Waals surface area (Å²) >= 11 is 0. The van der Waals surface area contributed by atoms with Gasteiger partial charge in [-0.3, -0.25) is 28.9 Å². The zero-order valence-corrected chi connectivity index (χ0v) is 19.8. The van der Waals surface area contributed by atoms with E-state index in [0.29, 0.717) is 28.0 Å². The quantitative estimate of drug-likeness (QED) is 0.364. The average molecular weight is 491 g/mol. The maximum Gasteiger partial charge on any atom is 0.305 e. The molecule has 0 spiro atoms. The van der Waals surface area contributed by atoms with Crippen LogP contribution in [0, 0.1) is 17.8 Å². The van der Waals surface area contributed by atoms with Crippen molar-refractivity contribution >= 4 is 29.4 Å². The molecule has 4 aliphatic rings. The van der Waals surface area contributed by atoms with Crippen LogP contribution >= 0.6 is 0 Å². The van der Waals surface area contributed by atoms with E-state index in [1.165, 1.54) is 19.3 Å². The summed E-state index contributed by atoms with van der Waals surface area (Å²) in [4.78, 5) is 65.0. The largest absolute Gasteiger partial charge is 0.507 e. The number of phenolic OH excluding ortho intramolecular Hbond substituents is 1. The van der Waals surface area contributed by atoms with Gasteiger partial charge in [0.25, 0.3) is 0 Å². The van der Waals surface area contributed by atoms with Gasteiger partial charge in [-0.1, -0.05) is 17.7 Å². The molecule has 2 amide bonds. The minimum atomic E-state index is -1.11. The normalized spacial score (nSPS) is 27.3. The van der Waals surface area contributed by atoms with Gasteiger partial charge in [-0.25, -0.2) is 0 Å². The molecule has 1 aromatic carbocycles. The molecule has 1 fully saturated rings. The van der Waals surface area contributed by atoms with E-state index in [9.17, 15) is 29.1 Å². The fourth-order valence-corrected chi connectivity index (χ4v) is 6.13. The Hall–Kier alpha value is -4.01. The number of amides is 2. The first-order valence-electron chi connectivity index (χ1n) is 11.8.